The highest BCUT2D eigenvalue weighted by Gasteiger charge is 2.54. The highest BCUT2D eigenvalue weighted by atomic mass is 16.7. The fraction of sp³-hybridized carbons (Fsp3) is 1.00. The maximum absolute atomic E-state index is 10.7. The number of aliphatic hydroxyl groups is 11. The third-order valence-electron chi connectivity index (χ3n) is 6.30. The van der Waals surface area contributed by atoms with E-state index in [1.54, 1.807) is 0 Å². The van der Waals surface area contributed by atoms with E-state index in [1.165, 1.54) is 6.92 Å². The predicted molar refractivity (Wildman–Crippen MR) is 99.9 cm³/mol. The van der Waals surface area contributed by atoms with Crippen LogP contribution in [0.4, 0.5) is 0 Å². The zero-order chi connectivity index (χ0) is 24.8. The molecule has 33 heavy (non-hydrogen) atoms. The molecular weight excluding hydrogens is 456 g/mol. The molecule has 16 unspecified atom stereocenters. The molecule has 0 aromatic rings. The zero-order valence-corrected chi connectivity index (χ0v) is 17.5. The third-order valence-corrected chi connectivity index (χ3v) is 6.30. The quantitative estimate of drug-likeness (QED) is 0.172. The summed E-state index contributed by atoms with van der Waals surface area (Å²) < 4.78 is 21.1. The summed E-state index contributed by atoms with van der Waals surface area (Å²) >= 11 is 0. The van der Waals surface area contributed by atoms with E-state index in [1.807, 2.05) is 0 Å². The lowest BCUT2D eigenvalue weighted by Crippen LogP contribution is -2.68. The second-order valence-corrected chi connectivity index (χ2v) is 8.54. The van der Waals surface area contributed by atoms with Gasteiger partial charge in [-0.05, 0) is 6.92 Å². The van der Waals surface area contributed by atoms with Crippen LogP contribution in [0, 0.1) is 0 Å². The zero-order valence-electron chi connectivity index (χ0n) is 17.5. The molecule has 0 amide bonds. The predicted octanol–water partition coefficient (Wildman–Crippen LogP) is -7.16. The Kier molecular flexibility index (Phi) is 8.65. The highest BCUT2D eigenvalue weighted by molar-refractivity contribution is 5.01. The molecule has 0 aromatic carbocycles. The molecule has 0 spiro atoms. The van der Waals surface area contributed by atoms with E-state index in [2.05, 4.69) is 0 Å². The Morgan fingerprint density at radius 1 is 0.667 bits per heavy atom. The van der Waals surface area contributed by atoms with Crippen molar-refractivity contribution in [3.05, 3.63) is 0 Å². The normalized spacial score (nSPS) is 54.7. The van der Waals surface area contributed by atoms with Gasteiger partial charge in [-0.15, -0.1) is 0 Å². The van der Waals surface area contributed by atoms with Gasteiger partial charge in [-0.25, -0.2) is 0 Å². The molecule has 0 radical (unpaired) electrons. The van der Waals surface area contributed by atoms with Crippen molar-refractivity contribution in [1.29, 1.82) is 0 Å². The van der Waals surface area contributed by atoms with Crippen molar-refractivity contribution in [3.63, 3.8) is 0 Å². The molecule has 0 bridgehead atoms. The summed E-state index contributed by atoms with van der Waals surface area (Å²) in [7, 11) is 0. The molecule has 3 aliphatic rings. The van der Waals surface area contributed by atoms with Gasteiger partial charge in [0.2, 0.25) is 0 Å². The lowest BCUT2D eigenvalue weighted by molar-refractivity contribution is -0.364. The second-order valence-electron chi connectivity index (χ2n) is 8.54. The van der Waals surface area contributed by atoms with E-state index < -0.39 is 105 Å². The monoisotopic (exact) mass is 488 g/mol. The maximum atomic E-state index is 10.7. The molecular formula is C18H32O15. The van der Waals surface area contributed by atoms with Gasteiger partial charge in [0.05, 0.1) is 12.7 Å². The molecule has 3 heterocycles. The fourth-order valence-electron chi connectivity index (χ4n) is 4.21. The molecule has 3 rings (SSSR count). The van der Waals surface area contributed by atoms with E-state index in [-0.39, 0.29) is 0 Å². The molecule has 0 aliphatic carbocycles. The number of hydrogen-bond donors (Lipinski definition) is 11. The molecule has 15 heteroatoms. The van der Waals surface area contributed by atoms with Crippen LogP contribution in [0.5, 0.6) is 0 Å². The first-order chi connectivity index (χ1) is 15.4. The van der Waals surface area contributed by atoms with E-state index in [0.29, 0.717) is 0 Å². The number of hydrogen-bond acceptors (Lipinski definition) is 15. The highest BCUT2D eigenvalue weighted by Crippen LogP contribution is 2.32. The van der Waals surface area contributed by atoms with Gasteiger partial charge in [-0.1, -0.05) is 0 Å². The topological polar surface area (TPSA) is 259 Å². The van der Waals surface area contributed by atoms with Crippen LogP contribution in [0.3, 0.4) is 0 Å². The Hall–Kier alpha value is -0.600. The first-order valence-electron chi connectivity index (χ1n) is 10.4. The van der Waals surface area contributed by atoms with E-state index in [4.69, 9.17) is 18.9 Å². The molecule has 0 aromatic heterocycles. The first-order valence-corrected chi connectivity index (χ1v) is 10.4. The summed E-state index contributed by atoms with van der Waals surface area (Å²) in [5.41, 5.74) is 0. The van der Waals surface area contributed by atoms with Crippen LogP contribution >= 0.6 is 0 Å². The largest absolute Gasteiger partial charge is 0.394 e. The van der Waals surface area contributed by atoms with Crippen LogP contribution in [0.25, 0.3) is 0 Å². The Labute approximate surface area is 187 Å². The minimum atomic E-state index is -1.97. The van der Waals surface area contributed by atoms with Crippen molar-refractivity contribution in [3.8, 4) is 0 Å². The van der Waals surface area contributed by atoms with Crippen LogP contribution in [-0.4, -0.2) is 161 Å². The summed E-state index contributed by atoms with van der Waals surface area (Å²) in [5, 5.41) is 111. The van der Waals surface area contributed by atoms with Crippen molar-refractivity contribution in [2.45, 2.75) is 105 Å². The summed E-state index contributed by atoms with van der Waals surface area (Å²) in [5.74, 6) is 0. The fourth-order valence-corrected chi connectivity index (χ4v) is 4.21. The van der Waals surface area contributed by atoms with Crippen LogP contribution in [0.15, 0.2) is 0 Å². The standard InChI is InChI=1S/C18H32O15/c1-3-5(20)6(21)8(23)15(30-3)13(28)16-9(24)7(22)12(27)18(33-16)32-14-4(2-19)31-17(29)11(26)10(14)25/h3-29H,2H2,1H3. The second kappa shape index (κ2) is 10.6. The summed E-state index contributed by atoms with van der Waals surface area (Å²) in [6.07, 6.45) is -27.5. The van der Waals surface area contributed by atoms with Gasteiger partial charge in [-0.3, -0.25) is 0 Å². The van der Waals surface area contributed by atoms with Crippen LogP contribution in [0.1, 0.15) is 6.92 Å². The Morgan fingerprint density at radius 2 is 1.21 bits per heavy atom. The Balaban J connectivity index is 1.78. The summed E-state index contributed by atoms with van der Waals surface area (Å²) in [4.78, 5) is 0. The van der Waals surface area contributed by atoms with Gasteiger partial charge >= 0.3 is 0 Å². The van der Waals surface area contributed by atoms with Crippen molar-refractivity contribution in [1.82, 2.24) is 0 Å². The van der Waals surface area contributed by atoms with Gasteiger partial charge in [0.1, 0.15) is 79.4 Å². The number of ether oxygens (including phenoxy) is 4. The van der Waals surface area contributed by atoms with Gasteiger partial charge in [0.25, 0.3) is 0 Å². The summed E-state index contributed by atoms with van der Waals surface area (Å²) in [6.45, 7) is 0.577. The maximum Gasteiger partial charge on any atom is 0.187 e. The van der Waals surface area contributed by atoms with Gasteiger partial charge in [0, 0.05) is 0 Å². The Bertz CT molecular complexity index is 638. The van der Waals surface area contributed by atoms with Gasteiger partial charge < -0.3 is 75.1 Å². The average Bonchev–Trinajstić information content (AvgIpc) is 2.79. The SMILES string of the molecule is CC1OC(C(O)C2OC(OC3C(CO)OC(O)C(O)C3O)C(O)C(O)C2O)C(O)C(O)C1O. The van der Waals surface area contributed by atoms with Crippen LogP contribution in [-0.2, 0) is 18.9 Å². The third kappa shape index (κ3) is 5.04. The molecule has 3 fully saturated rings. The van der Waals surface area contributed by atoms with Crippen molar-refractivity contribution < 1.29 is 75.1 Å². The summed E-state index contributed by atoms with van der Waals surface area (Å²) in [6, 6.07) is 0. The van der Waals surface area contributed by atoms with Crippen LogP contribution in [0.2, 0.25) is 0 Å². The molecule has 3 saturated heterocycles. The van der Waals surface area contributed by atoms with Gasteiger partial charge in [-0.2, -0.15) is 0 Å². The number of aliphatic hydroxyl groups excluding tert-OH is 11. The molecule has 16 atom stereocenters. The van der Waals surface area contributed by atoms with Gasteiger partial charge in [0.15, 0.2) is 12.6 Å². The van der Waals surface area contributed by atoms with Crippen molar-refractivity contribution in [2.75, 3.05) is 6.61 Å². The first kappa shape index (κ1) is 27.0. The molecule has 11 N–H and O–H groups in total. The molecule has 194 valence electrons. The number of rotatable bonds is 5. The van der Waals surface area contributed by atoms with Crippen molar-refractivity contribution in [2.24, 2.45) is 0 Å². The van der Waals surface area contributed by atoms with E-state index >= 15 is 0 Å². The van der Waals surface area contributed by atoms with Crippen molar-refractivity contribution >= 4 is 0 Å². The smallest absolute Gasteiger partial charge is 0.187 e. The Morgan fingerprint density at radius 3 is 1.79 bits per heavy atom. The molecule has 15 nitrogen and oxygen atoms in total. The lowest BCUT2D eigenvalue weighted by atomic mass is 9.87. The molecule has 3 aliphatic heterocycles. The van der Waals surface area contributed by atoms with Crippen LogP contribution < -0.4 is 0 Å². The minimum Gasteiger partial charge on any atom is -0.394 e. The molecule has 0 saturated carbocycles. The van der Waals surface area contributed by atoms with E-state index in [9.17, 15) is 56.2 Å². The minimum absolute atomic E-state index is 0.786. The lowest BCUT2D eigenvalue weighted by Gasteiger charge is -2.48. The average molecular weight is 488 g/mol. The van der Waals surface area contributed by atoms with E-state index in [0.717, 1.165) is 0 Å².